The molecule has 5 aromatic rings. The number of hydrogen-bond acceptors (Lipinski definition) is 1. The molecule has 5 aromatic carbocycles. The van der Waals surface area contributed by atoms with E-state index in [9.17, 15) is 0 Å². The van der Waals surface area contributed by atoms with Gasteiger partial charge >= 0.3 is 0 Å². The molecule has 0 aromatic heterocycles. The molecule has 0 aliphatic heterocycles. The van der Waals surface area contributed by atoms with Gasteiger partial charge in [0.15, 0.2) is 0 Å². The lowest BCUT2D eigenvalue weighted by atomic mass is 9.86. The van der Waals surface area contributed by atoms with Crippen LogP contribution in [0.25, 0.3) is 22.3 Å². The highest BCUT2D eigenvalue weighted by Gasteiger charge is 2.12. The Morgan fingerprint density at radius 3 is 1.59 bits per heavy atom. The topological polar surface area (TPSA) is 3.24 Å². The van der Waals surface area contributed by atoms with Crippen LogP contribution < -0.4 is 4.90 Å². The van der Waals surface area contributed by atoms with E-state index in [0.29, 0.717) is 0 Å². The molecule has 0 atom stereocenters. The zero-order valence-corrected chi connectivity index (χ0v) is 24.6. The summed E-state index contributed by atoms with van der Waals surface area (Å²) in [5, 5.41) is 0. The molecular formula is C40H41N. The molecule has 1 nitrogen and oxygen atoms in total. The second-order valence-corrected chi connectivity index (χ2v) is 11.7. The molecule has 41 heavy (non-hydrogen) atoms. The number of unbranched alkanes of at least 4 members (excludes halogenated alkanes) is 3. The average molecular weight is 536 g/mol. The molecule has 1 heteroatoms. The van der Waals surface area contributed by atoms with E-state index in [1.54, 1.807) is 11.1 Å². The number of rotatable bonds is 11. The fourth-order valence-corrected chi connectivity index (χ4v) is 5.96. The van der Waals surface area contributed by atoms with Gasteiger partial charge in [-0.3, -0.25) is 0 Å². The highest BCUT2D eigenvalue weighted by molar-refractivity contribution is 5.73. The molecule has 1 aliphatic rings. The average Bonchev–Trinajstić information content (AvgIpc) is 3.00. The van der Waals surface area contributed by atoms with Gasteiger partial charge in [0.1, 0.15) is 0 Å². The van der Waals surface area contributed by atoms with Crippen molar-refractivity contribution < 1.29 is 0 Å². The Morgan fingerprint density at radius 1 is 0.488 bits per heavy atom. The third kappa shape index (κ3) is 6.63. The number of anilines is 2. The van der Waals surface area contributed by atoms with Crippen LogP contribution in [0.4, 0.5) is 11.4 Å². The molecule has 0 radical (unpaired) electrons. The number of hydrogen-bond donors (Lipinski definition) is 0. The zero-order chi connectivity index (χ0) is 28.0. The molecule has 0 bridgehead atoms. The SMILES string of the molecule is Cc1ccc(-c2ccc(-c3ccc(N(C)c4cccc(CCCCCCc5ccc6c(c5)CC6)c4)cc3)cc2)cc1. The molecule has 0 saturated carbocycles. The van der Waals surface area contributed by atoms with Crippen LogP contribution in [0.3, 0.4) is 0 Å². The van der Waals surface area contributed by atoms with Crippen LogP contribution in [0.15, 0.2) is 115 Å². The van der Waals surface area contributed by atoms with Crippen LogP contribution in [-0.4, -0.2) is 7.05 Å². The van der Waals surface area contributed by atoms with Crippen molar-refractivity contribution in [3.8, 4) is 22.3 Å². The van der Waals surface area contributed by atoms with Crippen LogP contribution >= 0.6 is 0 Å². The first-order valence-electron chi connectivity index (χ1n) is 15.3. The summed E-state index contributed by atoms with van der Waals surface area (Å²) in [7, 11) is 2.17. The van der Waals surface area contributed by atoms with Gasteiger partial charge in [-0.1, -0.05) is 109 Å². The summed E-state index contributed by atoms with van der Waals surface area (Å²) in [5.41, 5.74) is 14.9. The molecule has 0 heterocycles. The van der Waals surface area contributed by atoms with Crippen LogP contribution in [-0.2, 0) is 25.7 Å². The normalized spacial score (nSPS) is 12.0. The van der Waals surface area contributed by atoms with E-state index in [1.807, 2.05) is 0 Å². The third-order valence-corrected chi connectivity index (χ3v) is 8.77. The summed E-state index contributed by atoms with van der Waals surface area (Å²) in [4.78, 5) is 2.29. The summed E-state index contributed by atoms with van der Waals surface area (Å²) in [6.45, 7) is 2.13. The summed E-state index contributed by atoms with van der Waals surface area (Å²) in [5.74, 6) is 0. The van der Waals surface area contributed by atoms with Gasteiger partial charge in [0, 0.05) is 18.4 Å². The van der Waals surface area contributed by atoms with Crippen molar-refractivity contribution in [2.24, 2.45) is 0 Å². The van der Waals surface area contributed by atoms with E-state index >= 15 is 0 Å². The maximum Gasteiger partial charge on any atom is 0.0410 e. The minimum atomic E-state index is 1.15. The fourth-order valence-electron chi connectivity index (χ4n) is 5.96. The van der Waals surface area contributed by atoms with Crippen molar-refractivity contribution >= 4 is 11.4 Å². The van der Waals surface area contributed by atoms with Gasteiger partial charge in [0.05, 0.1) is 0 Å². The first kappa shape index (κ1) is 27.1. The molecule has 1 aliphatic carbocycles. The van der Waals surface area contributed by atoms with Gasteiger partial charge in [0.25, 0.3) is 0 Å². The van der Waals surface area contributed by atoms with Crippen molar-refractivity contribution in [1.82, 2.24) is 0 Å². The summed E-state index contributed by atoms with van der Waals surface area (Å²) in [6, 6.07) is 42.8. The smallest absolute Gasteiger partial charge is 0.0410 e. The lowest BCUT2D eigenvalue weighted by Crippen LogP contribution is -2.09. The number of aryl methyl sites for hydroxylation is 5. The van der Waals surface area contributed by atoms with E-state index < -0.39 is 0 Å². The summed E-state index contributed by atoms with van der Waals surface area (Å²) < 4.78 is 0. The van der Waals surface area contributed by atoms with E-state index in [0.717, 1.165) is 6.42 Å². The summed E-state index contributed by atoms with van der Waals surface area (Å²) in [6.07, 6.45) is 10.1. The van der Waals surface area contributed by atoms with Crippen molar-refractivity contribution in [2.75, 3.05) is 11.9 Å². The minimum absolute atomic E-state index is 1.15. The van der Waals surface area contributed by atoms with E-state index in [4.69, 9.17) is 0 Å². The Balaban J connectivity index is 0.997. The second-order valence-electron chi connectivity index (χ2n) is 11.7. The Morgan fingerprint density at radius 2 is 1.02 bits per heavy atom. The molecule has 0 amide bonds. The lowest BCUT2D eigenvalue weighted by Gasteiger charge is -2.21. The molecule has 6 rings (SSSR count). The van der Waals surface area contributed by atoms with Crippen molar-refractivity contribution in [1.29, 1.82) is 0 Å². The highest BCUT2D eigenvalue weighted by Crippen LogP contribution is 2.30. The predicted octanol–water partition coefficient (Wildman–Crippen LogP) is 10.5. The van der Waals surface area contributed by atoms with Crippen LogP contribution in [0.1, 0.15) is 53.5 Å². The molecule has 0 saturated heterocycles. The Kier molecular flexibility index (Phi) is 8.33. The van der Waals surface area contributed by atoms with E-state index in [-0.39, 0.29) is 0 Å². The van der Waals surface area contributed by atoms with Gasteiger partial charge in [-0.15, -0.1) is 0 Å². The van der Waals surface area contributed by atoms with Gasteiger partial charge in [-0.05, 0) is 114 Å². The molecule has 206 valence electrons. The molecular weight excluding hydrogens is 494 g/mol. The minimum Gasteiger partial charge on any atom is -0.345 e. The van der Waals surface area contributed by atoms with Crippen molar-refractivity contribution in [3.63, 3.8) is 0 Å². The summed E-state index contributed by atoms with van der Waals surface area (Å²) >= 11 is 0. The van der Waals surface area contributed by atoms with Crippen LogP contribution in [0.5, 0.6) is 0 Å². The standard InChI is InChI=1S/C40H41N/c1-30-12-15-33(16-13-30)34-18-20-35(21-19-34)36-24-26-39(27-25-36)41(2)40-11-7-10-31(29-40)8-5-3-4-6-9-32-14-17-37-22-23-38(37)28-32/h7,10-21,24-29H,3-6,8-9,22-23H2,1-2H3. The Hall–Kier alpha value is -4.10. The van der Waals surface area contributed by atoms with Crippen molar-refractivity contribution in [2.45, 2.75) is 58.3 Å². The monoisotopic (exact) mass is 535 g/mol. The Bertz CT molecular complexity index is 1580. The lowest BCUT2D eigenvalue weighted by molar-refractivity contribution is 0.639. The van der Waals surface area contributed by atoms with Crippen LogP contribution in [0, 0.1) is 6.92 Å². The van der Waals surface area contributed by atoms with Crippen molar-refractivity contribution in [3.05, 3.63) is 143 Å². The number of benzene rings is 5. The van der Waals surface area contributed by atoms with E-state index in [2.05, 4.69) is 134 Å². The zero-order valence-electron chi connectivity index (χ0n) is 24.6. The molecule has 0 spiro atoms. The first-order valence-corrected chi connectivity index (χ1v) is 15.3. The second kappa shape index (κ2) is 12.6. The van der Waals surface area contributed by atoms with Gasteiger partial charge < -0.3 is 4.90 Å². The highest BCUT2D eigenvalue weighted by atomic mass is 15.1. The first-order chi connectivity index (χ1) is 20.1. The quantitative estimate of drug-likeness (QED) is 0.152. The maximum atomic E-state index is 2.44. The molecule has 0 fully saturated rings. The number of fused-ring (bicyclic) bond motifs is 1. The van der Waals surface area contributed by atoms with E-state index in [1.165, 1.54) is 95.3 Å². The Labute approximate surface area is 246 Å². The number of nitrogens with zero attached hydrogens (tertiary/aromatic N) is 1. The maximum absolute atomic E-state index is 2.44. The van der Waals surface area contributed by atoms with Crippen LogP contribution in [0.2, 0.25) is 0 Å². The van der Waals surface area contributed by atoms with Gasteiger partial charge in [0.2, 0.25) is 0 Å². The third-order valence-electron chi connectivity index (χ3n) is 8.77. The molecule has 0 N–H and O–H groups in total. The largest absolute Gasteiger partial charge is 0.345 e. The van der Waals surface area contributed by atoms with Gasteiger partial charge in [-0.25, -0.2) is 0 Å². The fraction of sp³-hybridized carbons (Fsp3) is 0.250. The molecule has 0 unspecified atom stereocenters. The predicted molar refractivity (Wildman–Crippen MR) is 176 cm³/mol. The van der Waals surface area contributed by atoms with Gasteiger partial charge in [-0.2, -0.15) is 0 Å².